The van der Waals surface area contributed by atoms with Gasteiger partial charge in [-0.3, -0.25) is 4.79 Å². The van der Waals surface area contributed by atoms with Crippen LogP contribution in [0.25, 0.3) is 0 Å². The Labute approximate surface area is 103 Å². The van der Waals surface area contributed by atoms with Gasteiger partial charge in [0, 0.05) is 0 Å². The molecule has 0 aromatic heterocycles. The van der Waals surface area contributed by atoms with E-state index in [1.807, 2.05) is 18.2 Å². The minimum Gasteiger partial charge on any atom is -0.493 e. The molecule has 2 nitrogen and oxygen atoms in total. The monoisotopic (exact) mass is 232 g/mol. The number of para-hydroxylation sites is 1. The van der Waals surface area contributed by atoms with Crippen LogP contribution in [0.15, 0.2) is 24.3 Å². The molecule has 0 unspecified atom stereocenters. The molecule has 1 aliphatic carbocycles. The Morgan fingerprint density at radius 1 is 1.18 bits per heavy atom. The van der Waals surface area contributed by atoms with Gasteiger partial charge in [0.2, 0.25) is 0 Å². The van der Waals surface area contributed by atoms with E-state index in [4.69, 9.17) is 4.74 Å². The summed E-state index contributed by atoms with van der Waals surface area (Å²) in [6, 6.07) is 7.42. The first-order chi connectivity index (χ1) is 8.40. The van der Waals surface area contributed by atoms with Crippen molar-refractivity contribution in [3.05, 3.63) is 29.8 Å². The molecular formula is C15H20O2. The summed E-state index contributed by atoms with van der Waals surface area (Å²) in [6.45, 7) is 0.732. The molecule has 1 aliphatic rings. The smallest absolute Gasteiger partial charge is 0.153 e. The van der Waals surface area contributed by atoms with Crippen molar-refractivity contribution in [2.75, 3.05) is 6.61 Å². The Bertz CT molecular complexity index is 354. The fraction of sp³-hybridized carbons (Fsp3) is 0.533. The Hall–Kier alpha value is -1.31. The van der Waals surface area contributed by atoms with Crippen LogP contribution in [-0.2, 0) is 0 Å². The molecule has 1 fully saturated rings. The fourth-order valence-corrected chi connectivity index (χ4v) is 2.52. The van der Waals surface area contributed by atoms with Crippen molar-refractivity contribution in [2.45, 2.75) is 38.5 Å². The summed E-state index contributed by atoms with van der Waals surface area (Å²) in [5, 5.41) is 0. The van der Waals surface area contributed by atoms with E-state index in [2.05, 4.69) is 0 Å². The van der Waals surface area contributed by atoms with Gasteiger partial charge in [-0.15, -0.1) is 0 Å². The van der Waals surface area contributed by atoms with Crippen LogP contribution in [0.2, 0.25) is 0 Å². The van der Waals surface area contributed by atoms with Crippen LogP contribution in [0, 0.1) is 5.92 Å². The third kappa shape index (κ3) is 3.58. The molecule has 0 spiro atoms. The van der Waals surface area contributed by atoms with Gasteiger partial charge in [0.05, 0.1) is 12.2 Å². The van der Waals surface area contributed by atoms with Gasteiger partial charge in [-0.25, -0.2) is 0 Å². The summed E-state index contributed by atoms with van der Waals surface area (Å²) >= 11 is 0. The van der Waals surface area contributed by atoms with Gasteiger partial charge in [0.1, 0.15) is 5.75 Å². The van der Waals surface area contributed by atoms with Gasteiger partial charge in [-0.1, -0.05) is 44.2 Å². The summed E-state index contributed by atoms with van der Waals surface area (Å²) in [5.74, 6) is 1.55. The van der Waals surface area contributed by atoms with Crippen molar-refractivity contribution in [1.82, 2.24) is 0 Å². The first-order valence-corrected chi connectivity index (χ1v) is 6.57. The van der Waals surface area contributed by atoms with Crippen LogP contribution in [0.3, 0.4) is 0 Å². The molecule has 0 amide bonds. The number of carbonyl (C=O) groups excluding carboxylic acids is 1. The topological polar surface area (TPSA) is 26.3 Å². The molecule has 2 heteroatoms. The minimum absolute atomic E-state index is 0.649. The molecule has 1 aromatic carbocycles. The Morgan fingerprint density at radius 3 is 2.71 bits per heavy atom. The Kier molecular flexibility index (Phi) is 4.60. The molecule has 0 N–H and O–H groups in total. The van der Waals surface area contributed by atoms with Crippen LogP contribution < -0.4 is 4.74 Å². The molecule has 92 valence electrons. The van der Waals surface area contributed by atoms with Gasteiger partial charge in [-0.2, -0.15) is 0 Å². The second-order valence-electron chi connectivity index (χ2n) is 4.80. The highest BCUT2D eigenvalue weighted by atomic mass is 16.5. The number of hydrogen-bond donors (Lipinski definition) is 0. The van der Waals surface area contributed by atoms with Crippen LogP contribution >= 0.6 is 0 Å². The standard InChI is InChI=1S/C15H20O2/c16-12-14-8-4-5-9-15(14)17-11-10-13-6-2-1-3-7-13/h4-5,8-9,12-13H,1-3,6-7,10-11H2. The quantitative estimate of drug-likeness (QED) is 0.721. The summed E-state index contributed by atoms with van der Waals surface area (Å²) in [5.41, 5.74) is 0.649. The van der Waals surface area contributed by atoms with E-state index in [0.717, 1.165) is 31.0 Å². The first kappa shape index (κ1) is 12.2. The van der Waals surface area contributed by atoms with Crippen molar-refractivity contribution >= 4 is 6.29 Å². The van der Waals surface area contributed by atoms with E-state index in [1.54, 1.807) is 6.07 Å². The molecule has 0 saturated heterocycles. The lowest BCUT2D eigenvalue weighted by Crippen LogP contribution is -2.11. The van der Waals surface area contributed by atoms with Crippen LogP contribution in [0.1, 0.15) is 48.9 Å². The average molecular weight is 232 g/mol. The summed E-state index contributed by atoms with van der Waals surface area (Å²) < 4.78 is 5.70. The maximum atomic E-state index is 10.8. The molecule has 0 atom stereocenters. The molecule has 1 aromatic rings. The maximum absolute atomic E-state index is 10.8. The van der Waals surface area contributed by atoms with Crippen molar-refractivity contribution in [2.24, 2.45) is 5.92 Å². The lowest BCUT2D eigenvalue weighted by molar-refractivity contribution is 0.111. The fourth-order valence-electron chi connectivity index (χ4n) is 2.52. The Morgan fingerprint density at radius 2 is 1.94 bits per heavy atom. The average Bonchev–Trinajstić information content (AvgIpc) is 2.40. The molecule has 2 rings (SSSR count). The van der Waals surface area contributed by atoms with Gasteiger partial charge >= 0.3 is 0 Å². The number of ether oxygens (including phenoxy) is 1. The number of carbonyl (C=O) groups is 1. The zero-order chi connectivity index (χ0) is 11.9. The van der Waals surface area contributed by atoms with Gasteiger partial charge < -0.3 is 4.74 Å². The van der Waals surface area contributed by atoms with E-state index in [0.29, 0.717) is 5.56 Å². The predicted molar refractivity (Wildman–Crippen MR) is 68.5 cm³/mol. The van der Waals surface area contributed by atoms with Crippen LogP contribution in [-0.4, -0.2) is 12.9 Å². The Balaban J connectivity index is 1.79. The van der Waals surface area contributed by atoms with E-state index in [1.165, 1.54) is 32.1 Å². The summed E-state index contributed by atoms with van der Waals surface area (Å²) in [6.07, 6.45) is 8.80. The third-order valence-corrected chi connectivity index (χ3v) is 3.55. The number of hydrogen-bond acceptors (Lipinski definition) is 2. The normalized spacial score (nSPS) is 16.7. The van der Waals surface area contributed by atoms with E-state index in [9.17, 15) is 4.79 Å². The molecule has 0 bridgehead atoms. The molecule has 17 heavy (non-hydrogen) atoms. The summed E-state index contributed by atoms with van der Waals surface area (Å²) in [7, 11) is 0. The van der Waals surface area contributed by atoms with E-state index in [-0.39, 0.29) is 0 Å². The number of aldehydes is 1. The molecule has 0 heterocycles. The van der Waals surface area contributed by atoms with Crippen molar-refractivity contribution in [3.63, 3.8) is 0 Å². The zero-order valence-corrected chi connectivity index (χ0v) is 10.2. The third-order valence-electron chi connectivity index (χ3n) is 3.55. The molecule has 0 aliphatic heterocycles. The van der Waals surface area contributed by atoms with E-state index >= 15 is 0 Å². The van der Waals surface area contributed by atoms with Crippen molar-refractivity contribution < 1.29 is 9.53 Å². The van der Waals surface area contributed by atoms with Crippen LogP contribution in [0.5, 0.6) is 5.75 Å². The molecular weight excluding hydrogens is 212 g/mol. The highest BCUT2D eigenvalue weighted by Gasteiger charge is 2.13. The zero-order valence-electron chi connectivity index (χ0n) is 10.2. The lowest BCUT2D eigenvalue weighted by Gasteiger charge is -2.21. The SMILES string of the molecule is O=Cc1ccccc1OCCC1CCCCC1. The first-order valence-electron chi connectivity index (χ1n) is 6.57. The molecule has 1 saturated carbocycles. The molecule has 0 radical (unpaired) electrons. The highest BCUT2D eigenvalue weighted by molar-refractivity contribution is 5.79. The predicted octanol–water partition coefficient (Wildman–Crippen LogP) is 3.85. The lowest BCUT2D eigenvalue weighted by atomic mass is 9.87. The van der Waals surface area contributed by atoms with Gasteiger partial charge in [0.15, 0.2) is 6.29 Å². The maximum Gasteiger partial charge on any atom is 0.153 e. The second kappa shape index (κ2) is 6.43. The number of rotatable bonds is 5. The second-order valence-corrected chi connectivity index (χ2v) is 4.80. The van der Waals surface area contributed by atoms with Crippen molar-refractivity contribution in [3.8, 4) is 5.75 Å². The summed E-state index contributed by atoms with van der Waals surface area (Å²) in [4.78, 5) is 10.8. The van der Waals surface area contributed by atoms with Gasteiger partial charge in [-0.05, 0) is 24.5 Å². The van der Waals surface area contributed by atoms with Crippen molar-refractivity contribution in [1.29, 1.82) is 0 Å². The van der Waals surface area contributed by atoms with E-state index < -0.39 is 0 Å². The number of benzene rings is 1. The van der Waals surface area contributed by atoms with Crippen LogP contribution in [0.4, 0.5) is 0 Å². The van der Waals surface area contributed by atoms with Gasteiger partial charge in [0.25, 0.3) is 0 Å². The highest BCUT2D eigenvalue weighted by Crippen LogP contribution is 2.26. The largest absolute Gasteiger partial charge is 0.493 e. The minimum atomic E-state index is 0.649.